The third kappa shape index (κ3) is 3.91. The molecule has 0 unspecified atom stereocenters. The molecule has 1 aliphatic rings. The maximum absolute atomic E-state index is 5.11. The van der Waals surface area contributed by atoms with Crippen LogP contribution in [-0.2, 0) is 0 Å². The van der Waals surface area contributed by atoms with Crippen molar-refractivity contribution in [2.45, 2.75) is 19.9 Å². The number of hydrogen-bond acceptors (Lipinski definition) is 2. The van der Waals surface area contributed by atoms with Gasteiger partial charge in [-0.15, -0.1) is 0 Å². The van der Waals surface area contributed by atoms with E-state index >= 15 is 0 Å². The molecule has 4 heteroatoms. The Hall–Kier alpha value is -0.350. The first-order valence-corrected chi connectivity index (χ1v) is 5.21. The van der Waals surface area contributed by atoms with Crippen LogP contribution in [0.1, 0.15) is 13.8 Å². The van der Waals surface area contributed by atoms with Crippen LogP contribution in [0.4, 0.5) is 0 Å². The van der Waals surface area contributed by atoms with E-state index in [4.69, 9.17) is 12.2 Å². The Bertz CT molecular complexity index is 176. The highest BCUT2D eigenvalue weighted by molar-refractivity contribution is 7.80. The minimum Gasteiger partial charge on any atom is -0.362 e. The van der Waals surface area contributed by atoms with E-state index in [2.05, 4.69) is 36.4 Å². The highest BCUT2D eigenvalue weighted by Gasteiger charge is 2.22. The summed E-state index contributed by atoms with van der Waals surface area (Å²) in [6.07, 6.45) is 0. The summed E-state index contributed by atoms with van der Waals surface area (Å²) in [5.74, 6) is 0.775. The molecule has 1 heterocycles. The lowest BCUT2D eigenvalue weighted by atomic mass is 10.0. The third-order valence-electron chi connectivity index (χ3n) is 2.11. The molecular weight excluding hydrogens is 182 g/mol. The van der Waals surface area contributed by atoms with Gasteiger partial charge in [0, 0.05) is 31.6 Å². The van der Waals surface area contributed by atoms with Gasteiger partial charge in [-0.05, 0) is 33.1 Å². The van der Waals surface area contributed by atoms with Crippen molar-refractivity contribution in [3.8, 4) is 0 Å². The molecule has 76 valence electrons. The van der Waals surface area contributed by atoms with Crippen LogP contribution in [-0.4, -0.2) is 42.7 Å². The average molecular weight is 201 g/mol. The fourth-order valence-electron chi connectivity index (χ4n) is 1.51. The van der Waals surface area contributed by atoms with E-state index < -0.39 is 0 Å². The molecule has 0 spiro atoms. The summed E-state index contributed by atoms with van der Waals surface area (Å²) in [5, 5.41) is 7.18. The lowest BCUT2D eigenvalue weighted by molar-refractivity contribution is 0.137. The molecule has 0 aromatic heterocycles. The van der Waals surface area contributed by atoms with Crippen LogP contribution in [0.5, 0.6) is 0 Å². The molecule has 0 amide bonds. The van der Waals surface area contributed by atoms with Gasteiger partial charge in [0.05, 0.1) is 0 Å². The predicted octanol–water partition coefficient (Wildman–Crippen LogP) is 0.420. The quantitative estimate of drug-likeness (QED) is 0.647. The largest absolute Gasteiger partial charge is 0.362 e. The second-order valence-electron chi connectivity index (χ2n) is 4.10. The zero-order valence-electron chi connectivity index (χ0n) is 8.63. The molecule has 0 atom stereocenters. The molecule has 3 nitrogen and oxygen atoms in total. The molecule has 0 aliphatic carbocycles. The topological polar surface area (TPSA) is 27.3 Å². The molecule has 1 saturated heterocycles. The summed E-state index contributed by atoms with van der Waals surface area (Å²) < 4.78 is 0. The van der Waals surface area contributed by atoms with Crippen molar-refractivity contribution in [2.75, 3.05) is 26.7 Å². The van der Waals surface area contributed by atoms with Crippen LogP contribution in [0.3, 0.4) is 0 Å². The van der Waals surface area contributed by atoms with Gasteiger partial charge < -0.3 is 15.5 Å². The number of nitrogens with one attached hydrogen (secondary N) is 2. The Labute approximate surface area is 85.9 Å². The number of thiocarbonyl (C=S) groups is 1. The van der Waals surface area contributed by atoms with Crippen molar-refractivity contribution in [3.05, 3.63) is 0 Å². The Kier molecular flexibility index (Phi) is 3.93. The van der Waals surface area contributed by atoms with Crippen LogP contribution in [0.25, 0.3) is 0 Å². The highest BCUT2D eigenvalue weighted by atomic mass is 32.1. The van der Waals surface area contributed by atoms with Gasteiger partial charge in [-0.25, -0.2) is 0 Å². The van der Waals surface area contributed by atoms with E-state index in [0.717, 1.165) is 17.6 Å². The number of nitrogens with zero attached hydrogens (tertiary/aromatic N) is 1. The number of hydrogen-bond donors (Lipinski definition) is 2. The molecular formula is C9H19N3S. The predicted molar refractivity (Wildman–Crippen MR) is 59.9 cm³/mol. The van der Waals surface area contributed by atoms with Gasteiger partial charge in [-0.2, -0.15) is 0 Å². The van der Waals surface area contributed by atoms with Crippen molar-refractivity contribution in [1.82, 2.24) is 15.5 Å². The van der Waals surface area contributed by atoms with E-state index in [1.807, 2.05) is 0 Å². The maximum Gasteiger partial charge on any atom is 0.166 e. The van der Waals surface area contributed by atoms with E-state index in [9.17, 15) is 0 Å². The molecule has 0 bridgehead atoms. The second kappa shape index (κ2) is 4.77. The zero-order chi connectivity index (χ0) is 9.84. The molecule has 13 heavy (non-hydrogen) atoms. The fraction of sp³-hybridized carbons (Fsp3) is 0.889. The van der Waals surface area contributed by atoms with Gasteiger partial charge in [0.2, 0.25) is 0 Å². The summed E-state index contributed by atoms with van der Waals surface area (Å²) in [6.45, 7) is 7.56. The zero-order valence-corrected chi connectivity index (χ0v) is 9.45. The first kappa shape index (κ1) is 10.7. The molecule has 1 fully saturated rings. The van der Waals surface area contributed by atoms with Crippen molar-refractivity contribution < 1.29 is 0 Å². The standard InChI is InChI=1S/C9H19N3S/c1-7(2)11-9(13)10-4-8-5-12(3)6-8/h7-8H,4-6H2,1-3H3,(H2,10,11,13). The Morgan fingerprint density at radius 1 is 1.54 bits per heavy atom. The maximum atomic E-state index is 5.11. The number of rotatable bonds is 3. The van der Waals surface area contributed by atoms with E-state index in [1.54, 1.807) is 0 Å². The molecule has 0 aromatic carbocycles. The summed E-state index contributed by atoms with van der Waals surface area (Å²) in [5.41, 5.74) is 0. The first-order chi connectivity index (χ1) is 6.08. The van der Waals surface area contributed by atoms with Crippen LogP contribution in [0, 0.1) is 5.92 Å². The van der Waals surface area contributed by atoms with Crippen molar-refractivity contribution >= 4 is 17.3 Å². The summed E-state index contributed by atoms with van der Waals surface area (Å²) >= 11 is 5.11. The Morgan fingerprint density at radius 3 is 2.62 bits per heavy atom. The molecule has 2 N–H and O–H groups in total. The lowest BCUT2D eigenvalue weighted by Crippen LogP contribution is -2.51. The van der Waals surface area contributed by atoms with E-state index in [1.165, 1.54) is 13.1 Å². The third-order valence-corrected chi connectivity index (χ3v) is 2.37. The van der Waals surface area contributed by atoms with Gasteiger partial charge in [-0.1, -0.05) is 0 Å². The van der Waals surface area contributed by atoms with Crippen LogP contribution in [0.15, 0.2) is 0 Å². The van der Waals surface area contributed by atoms with Gasteiger partial charge in [0.15, 0.2) is 5.11 Å². The monoisotopic (exact) mass is 201 g/mol. The smallest absolute Gasteiger partial charge is 0.166 e. The molecule has 0 radical (unpaired) electrons. The van der Waals surface area contributed by atoms with Crippen molar-refractivity contribution in [2.24, 2.45) is 5.92 Å². The normalized spacial score (nSPS) is 18.5. The summed E-state index contributed by atoms with van der Waals surface area (Å²) in [4.78, 5) is 2.31. The van der Waals surface area contributed by atoms with E-state index in [0.29, 0.717) is 6.04 Å². The molecule has 0 aromatic rings. The van der Waals surface area contributed by atoms with Crippen LogP contribution >= 0.6 is 12.2 Å². The van der Waals surface area contributed by atoms with Crippen molar-refractivity contribution in [1.29, 1.82) is 0 Å². The SMILES string of the molecule is CC(C)NC(=S)NCC1CN(C)C1. The Morgan fingerprint density at radius 2 is 2.15 bits per heavy atom. The highest BCUT2D eigenvalue weighted by Crippen LogP contribution is 2.10. The summed E-state index contributed by atoms with van der Waals surface area (Å²) in [7, 11) is 2.14. The fourth-order valence-corrected chi connectivity index (χ4v) is 1.83. The van der Waals surface area contributed by atoms with Gasteiger partial charge >= 0.3 is 0 Å². The number of likely N-dealkylation sites (tertiary alicyclic amines) is 1. The van der Waals surface area contributed by atoms with Gasteiger partial charge in [0.1, 0.15) is 0 Å². The first-order valence-electron chi connectivity index (χ1n) is 4.81. The minimum absolute atomic E-state index is 0.420. The molecule has 1 rings (SSSR count). The minimum atomic E-state index is 0.420. The molecule has 0 saturated carbocycles. The Balaban J connectivity index is 2.02. The van der Waals surface area contributed by atoms with Gasteiger partial charge in [-0.3, -0.25) is 0 Å². The molecule has 1 aliphatic heterocycles. The van der Waals surface area contributed by atoms with E-state index in [-0.39, 0.29) is 0 Å². The summed E-state index contributed by atoms with van der Waals surface area (Å²) in [6, 6.07) is 0.420. The van der Waals surface area contributed by atoms with Crippen LogP contribution in [0.2, 0.25) is 0 Å². The lowest BCUT2D eigenvalue weighted by Gasteiger charge is -2.36. The van der Waals surface area contributed by atoms with Gasteiger partial charge in [0.25, 0.3) is 0 Å². The average Bonchev–Trinajstić information content (AvgIpc) is 1.94. The van der Waals surface area contributed by atoms with Crippen molar-refractivity contribution in [3.63, 3.8) is 0 Å². The van der Waals surface area contributed by atoms with Crippen LogP contribution < -0.4 is 10.6 Å². The second-order valence-corrected chi connectivity index (χ2v) is 4.50.